The minimum atomic E-state index is 1.25. The summed E-state index contributed by atoms with van der Waals surface area (Å²) >= 11 is 0. The molecule has 0 spiro atoms. The molecule has 2 heteroatoms. The number of nitrogens with zero attached hydrogens (tertiary/aromatic N) is 2. The van der Waals surface area contributed by atoms with Crippen molar-refractivity contribution in [1.29, 1.82) is 0 Å². The minimum absolute atomic E-state index is 1.25. The Balaban J connectivity index is 2.75. The number of unbranched alkanes of at least 4 members (excludes halogenated alkanes) is 32. The van der Waals surface area contributed by atoms with Crippen molar-refractivity contribution in [3.8, 4) is 0 Å². The van der Waals surface area contributed by atoms with E-state index in [2.05, 4.69) is 62.6 Å². The van der Waals surface area contributed by atoms with Gasteiger partial charge in [0, 0.05) is 26.2 Å². The Hall–Kier alpha value is -0.860. The summed E-state index contributed by atoms with van der Waals surface area (Å²) in [5.74, 6) is 0. The summed E-state index contributed by atoms with van der Waals surface area (Å²) in [7, 11) is 0. The SMILES string of the molecule is CCCCCCCCC/C=C(\CCCCCCCCC)CCN(CC/C=C1/CCCN(CC/C=C(\CCCCCCCCC)CCCCCCCCCC)CC1)CCCCCCCCC. The third-order valence-corrected chi connectivity index (χ3v) is 15.1. The van der Waals surface area contributed by atoms with Gasteiger partial charge < -0.3 is 9.80 Å². The van der Waals surface area contributed by atoms with Crippen LogP contribution in [0.1, 0.15) is 330 Å². The van der Waals surface area contributed by atoms with Gasteiger partial charge in [0.2, 0.25) is 0 Å². The first-order valence-corrected chi connectivity index (χ1v) is 30.6. The van der Waals surface area contributed by atoms with Gasteiger partial charge in [-0.3, -0.25) is 0 Å². The van der Waals surface area contributed by atoms with Gasteiger partial charge in [-0.2, -0.15) is 0 Å². The van der Waals surface area contributed by atoms with Crippen LogP contribution >= 0.6 is 0 Å². The summed E-state index contributed by atoms with van der Waals surface area (Å²) in [5, 5.41) is 0. The van der Waals surface area contributed by atoms with Crippen molar-refractivity contribution in [3.05, 3.63) is 34.9 Å². The van der Waals surface area contributed by atoms with Crippen LogP contribution in [-0.4, -0.2) is 49.1 Å². The molecule has 0 aromatic rings. The fourth-order valence-corrected chi connectivity index (χ4v) is 10.5. The van der Waals surface area contributed by atoms with Crippen LogP contribution in [-0.2, 0) is 0 Å². The lowest BCUT2D eigenvalue weighted by atomic mass is 9.98. The second kappa shape index (κ2) is 51.0. The topological polar surface area (TPSA) is 6.48 Å². The van der Waals surface area contributed by atoms with Gasteiger partial charge in [-0.15, -0.1) is 0 Å². The van der Waals surface area contributed by atoms with Crippen molar-refractivity contribution < 1.29 is 0 Å². The average molecular weight is 908 g/mol. The maximum Gasteiger partial charge on any atom is 0.00187 e. The Morgan fingerprint density at radius 3 is 1.25 bits per heavy atom. The zero-order chi connectivity index (χ0) is 46.8. The zero-order valence-corrected chi connectivity index (χ0v) is 45.9. The van der Waals surface area contributed by atoms with Gasteiger partial charge >= 0.3 is 0 Å². The molecule has 0 bridgehead atoms. The van der Waals surface area contributed by atoms with E-state index in [9.17, 15) is 0 Å². The molecule has 0 aromatic carbocycles. The van der Waals surface area contributed by atoms with Crippen LogP contribution in [0.25, 0.3) is 0 Å². The van der Waals surface area contributed by atoms with E-state index in [-0.39, 0.29) is 0 Å². The van der Waals surface area contributed by atoms with Gasteiger partial charge in [-0.25, -0.2) is 0 Å². The number of rotatable bonds is 50. The molecule has 1 aliphatic heterocycles. The first-order chi connectivity index (χ1) is 32.2. The van der Waals surface area contributed by atoms with Crippen molar-refractivity contribution in [3.63, 3.8) is 0 Å². The van der Waals surface area contributed by atoms with Crippen molar-refractivity contribution in [2.24, 2.45) is 0 Å². The highest BCUT2D eigenvalue weighted by Crippen LogP contribution is 2.23. The molecule has 65 heavy (non-hydrogen) atoms. The van der Waals surface area contributed by atoms with Crippen molar-refractivity contribution in [1.82, 2.24) is 9.80 Å². The lowest BCUT2D eigenvalue weighted by Crippen LogP contribution is -2.27. The van der Waals surface area contributed by atoms with Crippen LogP contribution in [0.2, 0.25) is 0 Å². The van der Waals surface area contributed by atoms with Crippen LogP contribution in [0.15, 0.2) is 34.9 Å². The van der Waals surface area contributed by atoms with Crippen molar-refractivity contribution in [2.45, 2.75) is 330 Å². The van der Waals surface area contributed by atoms with Gasteiger partial charge in [-0.1, -0.05) is 269 Å². The molecule has 0 N–H and O–H groups in total. The fourth-order valence-electron chi connectivity index (χ4n) is 10.5. The number of allylic oxidation sites excluding steroid dienone is 2. The Kier molecular flexibility index (Phi) is 48.8. The van der Waals surface area contributed by atoms with E-state index in [0.29, 0.717) is 0 Å². The molecule has 0 atom stereocenters. The van der Waals surface area contributed by atoms with Gasteiger partial charge in [0.1, 0.15) is 0 Å². The number of hydrogen-bond donors (Lipinski definition) is 0. The zero-order valence-electron chi connectivity index (χ0n) is 45.9. The molecule has 2 nitrogen and oxygen atoms in total. The lowest BCUT2D eigenvalue weighted by molar-refractivity contribution is 0.273. The summed E-state index contributed by atoms with van der Waals surface area (Å²) in [6.45, 7) is 19.4. The van der Waals surface area contributed by atoms with E-state index in [0.717, 1.165) is 0 Å². The highest BCUT2D eigenvalue weighted by atomic mass is 15.1. The molecule has 0 saturated carbocycles. The van der Waals surface area contributed by atoms with E-state index in [1.165, 1.54) is 335 Å². The average Bonchev–Trinajstić information content (AvgIpc) is 3.55. The predicted molar refractivity (Wildman–Crippen MR) is 298 cm³/mol. The van der Waals surface area contributed by atoms with Crippen LogP contribution in [0.5, 0.6) is 0 Å². The van der Waals surface area contributed by atoms with E-state index < -0.39 is 0 Å². The Morgan fingerprint density at radius 1 is 0.369 bits per heavy atom. The molecule has 0 radical (unpaired) electrons. The van der Waals surface area contributed by atoms with Crippen LogP contribution in [0.4, 0.5) is 0 Å². The van der Waals surface area contributed by atoms with Crippen LogP contribution in [0, 0.1) is 0 Å². The highest BCUT2D eigenvalue weighted by Gasteiger charge is 2.13. The summed E-state index contributed by atoms with van der Waals surface area (Å²) in [5.41, 5.74) is 5.36. The standard InChI is InChI=1S/C63H122N2/c1-6-11-16-21-26-30-35-39-47-61(46-38-33-28-23-18-13-8-3)50-43-57-65-58-45-52-63(54-60-65)51-44-56-64(55-42-37-32-25-20-15-10-5)59-53-62(48-40-34-29-24-19-14-9-4)49-41-36-31-27-22-17-12-7-2/h49-51H,6-48,52-60H2,1-5H3/b61-50+,62-49+,63-51-. The second-order valence-electron chi connectivity index (χ2n) is 21.5. The second-order valence-corrected chi connectivity index (χ2v) is 21.5. The number of likely N-dealkylation sites (tertiary alicyclic amines) is 1. The molecule has 1 heterocycles. The molecule has 0 aromatic heterocycles. The molecule has 1 rings (SSSR count). The molecule has 0 amide bonds. The maximum absolute atomic E-state index is 2.89. The van der Waals surface area contributed by atoms with E-state index >= 15 is 0 Å². The monoisotopic (exact) mass is 907 g/mol. The minimum Gasteiger partial charge on any atom is -0.303 e. The summed E-state index contributed by atoms with van der Waals surface area (Å²) in [6, 6.07) is 0. The lowest BCUT2D eigenvalue weighted by Gasteiger charge is -2.23. The fraction of sp³-hybridized carbons (Fsp3) is 0.905. The smallest absolute Gasteiger partial charge is 0.00187 e. The molecule has 384 valence electrons. The quantitative estimate of drug-likeness (QED) is 0.0443. The molecule has 0 aliphatic carbocycles. The normalized spacial score (nSPS) is 15.0. The summed E-state index contributed by atoms with van der Waals surface area (Å²) < 4.78 is 0. The maximum atomic E-state index is 2.89. The largest absolute Gasteiger partial charge is 0.303 e. The summed E-state index contributed by atoms with van der Waals surface area (Å²) in [4.78, 5) is 5.71. The van der Waals surface area contributed by atoms with E-state index in [1.54, 1.807) is 16.7 Å². The molecule has 0 unspecified atom stereocenters. The molecule has 1 fully saturated rings. The van der Waals surface area contributed by atoms with E-state index in [4.69, 9.17) is 0 Å². The van der Waals surface area contributed by atoms with Crippen LogP contribution < -0.4 is 0 Å². The first kappa shape index (κ1) is 62.2. The van der Waals surface area contributed by atoms with Crippen molar-refractivity contribution >= 4 is 0 Å². The molecule has 1 saturated heterocycles. The first-order valence-electron chi connectivity index (χ1n) is 30.6. The Bertz CT molecular complexity index is 1040. The molecule has 1 aliphatic rings. The molecular weight excluding hydrogens is 785 g/mol. The van der Waals surface area contributed by atoms with Gasteiger partial charge in [0.05, 0.1) is 0 Å². The Labute approximate surface area is 412 Å². The predicted octanol–water partition coefficient (Wildman–Crippen LogP) is 21.4. The summed E-state index contributed by atoms with van der Waals surface area (Å²) in [6.07, 6.45) is 72.6. The Morgan fingerprint density at radius 2 is 0.769 bits per heavy atom. The van der Waals surface area contributed by atoms with Gasteiger partial charge in [-0.05, 0) is 109 Å². The van der Waals surface area contributed by atoms with Gasteiger partial charge in [0.15, 0.2) is 0 Å². The third-order valence-electron chi connectivity index (χ3n) is 15.1. The van der Waals surface area contributed by atoms with Crippen molar-refractivity contribution in [2.75, 3.05) is 39.3 Å². The van der Waals surface area contributed by atoms with E-state index in [1.807, 2.05) is 0 Å². The number of hydrogen-bond acceptors (Lipinski definition) is 2. The van der Waals surface area contributed by atoms with Crippen LogP contribution in [0.3, 0.4) is 0 Å². The highest BCUT2D eigenvalue weighted by molar-refractivity contribution is 5.06. The van der Waals surface area contributed by atoms with Gasteiger partial charge in [0.25, 0.3) is 0 Å². The molecular formula is C63H122N2. The third kappa shape index (κ3) is 42.9.